The first kappa shape index (κ1) is 13.3. The highest BCUT2D eigenvalue weighted by atomic mass is 16.7. The number of methoxy groups -OCH3 is 1. The zero-order chi connectivity index (χ0) is 11.2. The normalized spacial score (nSPS) is 14.6. The zero-order valence-electron chi connectivity index (χ0n) is 9.66. The number of ketones is 1. The third kappa shape index (κ3) is 5.89. The van der Waals surface area contributed by atoms with Crippen LogP contribution in [0.3, 0.4) is 0 Å². The van der Waals surface area contributed by atoms with Crippen LogP contribution in [0.2, 0.25) is 0 Å². The molecule has 1 unspecified atom stereocenters. The summed E-state index contributed by atoms with van der Waals surface area (Å²) in [4.78, 5) is 11.5. The first-order valence-corrected chi connectivity index (χ1v) is 4.71. The Balaban J connectivity index is 3.98. The number of hydrogen-bond donors (Lipinski definition) is 0. The van der Waals surface area contributed by atoms with E-state index in [-0.39, 0.29) is 24.1 Å². The fraction of sp³-hybridized carbons (Fsp3) is 0.727. The Hall–Kier alpha value is -0.670. The van der Waals surface area contributed by atoms with Crippen molar-refractivity contribution in [2.45, 2.75) is 33.8 Å². The molecular formula is C11H20O3. The predicted octanol–water partition coefficient (Wildman–Crippen LogP) is 2.17. The summed E-state index contributed by atoms with van der Waals surface area (Å²) in [6, 6.07) is 0. The van der Waals surface area contributed by atoms with Crippen LogP contribution in [0.15, 0.2) is 12.2 Å². The van der Waals surface area contributed by atoms with Crippen molar-refractivity contribution >= 4 is 5.78 Å². The van der Waals surface area contributed by atoms with Gasteiger partial charge in [-0.1, -0.05) is 26.8 Å². The molecule has 0 N–H and O–H groups in total. The van der Waals surface area contributed by atoms with E-state index in [1.54, 1.807) is 19.3 Å². The molecule has 0 aliphatic heterocycles. The van der Waals surface area contributed by atoms with Gasteiger partial charge in [-0.05, 0) is 13.0 Å². The summed E-state index contributed by atoms with van der Waals surface area (Å²) in [6.45, 7) is 7.78. The quantitative estimate of drug-likeness (QED) is 0.504. The van der Waals surface area contributed by atoms with Gasteiger partial charge in [0.15, 0.2) is 5.78 Å². The molecule has 0 aliphatic carbocycles. The lowest BCUT2D eigenvalue weighted by molar-refractivity contribution is -0.121. The molecule has 0 saturated heterocycles. The zero-order valence-corrected chi connectivity index (χ0v) is 9.66. The van der Waals surface area contributed by atoms with E-state index >= 15 is 0 Å². The average molecular weight is 200 g/mol. The van der Waals surface area contributed by atoms with E-state index < -0.39 is 0 Å². The van der Waals surface area contributed by atoms with Gasteiger partial charge in [0.1, 0.15) is 6.79 Å². The van der Waals surface area contributed by atoms with Gasteiger partial charge in [-0.15, -0.1) is 0 Å². The molecule has 0 bridgehead atoms. The second kappa shape index (κ2) is 5.94. The van der Waals surface area contributed by atoms with Crippen molar-refractivity contribution in [2.75, 3.05) is 13.9 Å². The topological polar surface area (TPSA) is 35.5 Å². The van der Waals surface area contributed by atoms with E-state index in [9.17, 15) is 4.79 Å². The fourth-order valence-electron chi connectivity index (χ4n) is 0.704. The average Bonchev–Trinajstić information content (AvgIpc) is 2.09. The van der Waals surface area contributed by atoms with Gasteiger partial charge in [0.2, 0.25) is 0 Å². The molecular weight excluding hydrogens is 180 g/mol. The lowest BCUT2D eigenvalue weighted by atomic mass is 9.90. The Morgan fingerprint density at radius 3 is 2.43 bits per heavy atom. The van der Waals surface area contributed by atoms with E-state index in [1.807, 2.05) is 27.7 Å². The van der Waals surface area contributed by atoms with Crippen LogP contribution < -0.4 is 0 Å². The maximum absolute atomic E-state index is 11.5. The second-order valence-corrected chi connectivity index (χ2v) is 4.25. The van der Waals surface area contributed by atoms with Crippen LogP contribution in [0.25, 0.3) is 0 Å². The van der Waals surface area contributed by atoms with E-state index in [0.717, 1.165) is 0 Å². The van der Waals surface area contributed by atoms with E-state index in [2.05, 4.69) is 0 Å². The van der Waals surface area contributed by atoms with Gasteiger partial charge in [0.25, 0.3) is 0 Å². The minimum absolute atomic E-state index is 0.0961. The van der Waals surface area contributed by atoms with Gasteiger partial charge in [0, 0.05) is 12.5 Å². The summed E-state index contributed by atoms with van der Waals surface area (Å²) < 4.78 is 9.94. The number of carbonyl (C=O) groups excluding carboxylic acids is 1. The first-order chi connectivity index (χ1) is 6.38. The van der Waals surface area contributed by atoms with Gasteiger partial charge in [-0.25, -0.2) is 0 Å². The number of carbonyl (C=O) groups is 1. The summed E-state index contributed by atoms with van der Waals surface area (Å²) in [5.41, 5.74) is -0.322. The lowest BCUT2D eigenvalue weighted by Crippen LogP contribution is -2.18. The molecule has 0 spiro atoms. The minimum Gasteiger partial charge on any atom is -0.359 e. The largest absolute Gasteiger partial charge is 0.359 e. The molecule has 1 atom stereocenters. The molecule has 3 heteroatoms. The molecule has 0 heterocycles. The van der Waals surface area contributed by atoms with Gasteiger partial charge < -0.3 is 9.47 Å². The highest BCUT2D eigenvalue weighted by molar-refractivity contribution is 5.93. The van der Waals surface area contributed by atoms with Crippen LogP contribution in [0.5, 0.6) is 0 Å². The summed E-state index contributed by atoms with van der Waals surface area (Å²) >= 11 is 0. The Morgan fingerprint density at radius 2 is 2.00 bits per heavy atom. The molecule has 0 aromatic heterocycles. The third-order valence-corrected chi connectivity index (χ3v) is 1.71. The Bertz CT molecular complexity index is 201. The van der Waals surface area contributed by atoms with E-state index in [4.69, 9.17) is 9.47 Å². The monoisotopic (exact) mass is 200 g/mol. The number of allylic oxidation sites excluding steroid dienone is 1. The standard InChI is InChI=1S/C11H20O3/c1-9(14-8-13-5)6-7-10(12)11(2,3)4/h6-7,9H,8H2,1-5H3/b7-6+. The van der Waals surface area contributed by atoms with Gasteiger partial charge in [0.05, 0.1) is 6.10 Å². The molecule has 14 heavy (non-hydrogen) atoms. The maximum Gasteiger partial charge on any atom is 0.160 e. The van der Waals surface area contributed by atoms with Gasteiger partial charge >= 0.3 is 0 Å². The Labute approximate surface area is 86.1 Å². The van der Waals surface area contributed by atoms with Crippen LogP contribution >= 0.6 is 0 Å². The van der Waals surface area contributed by atoms with Gasteiger partial charge in [-0.3, -0.25) is 4.79 Å². The van der Waals surface area contributed by atoms with E-state index in [1.165, 1.54) is 0 Å². The highest BCUT2D eigenvalue weighted by Crippen LogP contribution is 2.15. The molecule has 0 fully saturated rings. The predicted molar refractivity (Wildman–Crippen MR) is 56.0 cm³/mol. The van der Waals surface area contributed by atoms with Crippen LogP contribution in [0.4, 0.5) is 0 Å². The molecule has 82 valence electrons. The van der Waals surface area contributed by atoms with Crippen molar-refractivity contribution in [1.82, 2.24) is 0 Å². The van der Waals surface area contributed by atoms with Crippen molar-refractivity contribution in [3.63, 3.8) is 0 Å². The number of ether oxygens (including phenoxy) is 2. The molecule has 0 aliphatic rings. The van der Waals surface area contributed by atoms with Crippen molar-refractivity contribution < 1.29 is 14.3 Å². The molecule has 3 nitrogen and oxygen atoms in total. The van der Waals surface area contributed by atoms with Crippen LogP contribution in [0.1, 0.15) is 27.7 Å². The maximum atomic E-state index is 11.5. The van der Waals surface area contributed by atoms with Crippen molar-refractivity contribution in [3.05, 3.63) is 12.2 Å². The van der Waals surface area contributed by atoms with Crippen LogP contribution in [0, 0.1) is 5.41 Å². The van der Waals surface area contributed by atoms with Crippen molar-refractivity contribution in [3.8, 4) is 0 Å². The summed E-state index contributed by atoms with van der Waals surface area (Å²) in [5, 5.41) is 0. The van der Waals surface area contributed by atoms with Crippen LogP contribution in [-0.4, -0.2) is 25.8 Å². The first-order valence-electron chi connectivity index (χ1n) is 4.71. The van der Waals surface area contributed by atoms with Crippen LogP contribution in [-0.2, 0) is 14.3 Å². The number of hydrogen-bond acceptors (Lipinski definition) is 3. The molecule has 0 radical (unpaired) electrons. The highest BCUT2D eigenvalue weighted by Gasteiger charge is 2.18. The number of rotatable bonds is 5. The minimum atomic E-state index is -0.322. The molecule has 0 rings (SSSR count). The smallest absolute Gasteiger partial charge is 0.160 e. The second-order valence-electron chi connectivity index (χ2n) is 4.25. The SMILES string of the molecule is COCOC(C)/C=C/C(=O)C(C)(C)C. The molecule has 0 aromatic carbocycles. The fourth-order valence-corrected chi connectivity index (χ4v) is 0.704. The third-order valence-electron chi connectivity index (χ3n) is 1.71. The molecule has 0 amide bonds. The summed E-state index contributed by atoms with van der Waals surface area (Å²) in [7, 11) is 1.57. The Morgan fingerprint density at radius 1 is 1.43 bits per heavy atom. The van der Waals surface area contributed by atoms with Crippen molar-refractivity contribution in [2.24, 2.45) is 5.41 Å². The summed E-state index contributed by atoms with van der Waals surface area (Å²) in [5.74, 6) is 0.102. The molecule has 0 saturated carbocycles. The van der Waals surface area contributed by atoms with Gasteiger partial charge in [-0.2, -0.15) is 0 Å². The lowest BCUT2D eigenvalue weighted by Gasteiger charge is -2.13. The Kier molecular flexibility index (Phi) is 5.65. The molecule has 0 aromatic rings. The van der Waals surface area contributed by atoms with Crippen molar-refractivity contribution in [1.29, 1.82) is 0 Å². The van der Waals surface area contributed by atoms with E-state index in [0.29, 0.717) is 0 Å². The summed E-state index contributed by atoms with van der Waals surface area (Å²) in [6.07, 6.45) is 3.22.